The lowest BCUT2D eigenvalue weighted by Crippen LogP contribution is -2.08. The summed E-state index contributed by atoms with van der Waals surface area (Å²) in [5, 5.41) is 8.37. The van der Waals surface area contributed by atoms with Crippen molar-refractivity contribution in [2.75, 3.05) is 0 Å². The fourth-order valence-corrected chi connectivity index (χ4v) is 1.14. The second kappa shape index (κ2) is 4.75. The maximum atomic E-state index is 13.1. The number of pyridine rings is 1. The Morgan fingerprint density at radius 2 is 2.20 bits per heavy atom. The van der Waals surface area contributed by atoms with Crippen molar-refractivity contribution in [2.45, 2.75) is 19.4 Å². The van der Waals surface area contributed by atoms with E-state index in [-0.39, 0.29) is 24.2 Å². The molecular formula is C9H8F3N3. The molecule has 1 aromatic heterocycles. The summed E-state index contributed by atoms with van der Waals surface area (Å²) in [5.41, 5.74) is 4.25. The van der Waals surface area contributed by atoms with Crippen molar-refractivity contribution in [2.24, 2.45) is 5.73 Å². The van der Waals surface area contributed by atoms with Crippen molar-refractivity contribution in [3.63, 3.8) is 0 Å². The molecule has 0 aliphatic carbocycles. The van der Waals surface area contributed by atoms with Gasteiger partial charge in [0.05, 0.1) is 18.2 Å². The van der Waals surface area contributed by atoms with Crippen LogP contribution in [0, 0.1) is 17.1 Å². The Hall–Kier alpha value is -1.61. The second-order valence-electron chi connectivity index (χ2n) is 2.80. The van der Waals surface area contributed by atoms with Gasteiger partial charge in [0.2, 0.25) is 0 Å². The average molecular weight is 215 g/mol. The van der Waals surface area contributed by atoms with Gasteiger partial charge in [0.15, 0.2) is 0 Å². The molecule has 0 amide bonds. The summed E-state index contributed by atoms with van der Waals surface area (Å²) in [5.74, 6) is -0.757. The fraction of sp³-hybridized carbons (Fsp3) is 0.333. The topological polar surface area (TPSA) is 62.7 Å². The summed E-state index contributed by atoms with van der Waals surface area (Å²) in [7, 11) is 0. The lowest BCUT2D eigenvalue weighted by atomic mass is 10.1. The number of halogens is 3. The number of nitriles is 1. The van der Waals surface area contributed by atoms with E-state index in [4.69, 9.17) is 11.0 Å². The number of aromatic nitrogens is 1. The average Bonchev–Trinajstić information content (AvgIpc) is 2.18. The minimum atomic E-state index is -2.83. The summed E-state index contributed by atoms with van der Waals surface area (Å²) in [6.45, 7) is -0.252. The van der Waals surface area contributed by atoms with Crippen LogP contribution in [0.25, 0.3) is 0 Å². The normalized spacial score (nSPS) is 10.4. The molecule has 0 unspecified atom stereocenters. The molecule has 1 aromatic rings. The molecule has 0 spiro atoms. The molecular weight excluding hydrogens is 207 g/mol. The van der Waals surface area contributed by atoms with Crippen LogP contribution < -0.4 is 5.73 Å². The minimum Gasteiger partial charge on any atom is -0.325 e. The third-order valence-corrected chi connectivity index (χ3v) is 1.83. The molecule has 0 atom stereocenters. The van der Waals surface area contributed by atoms with E-state index in [2.05, 4.69) is 4.98 Å². The maximum absolute atomic E-state index is 13.1. The van der Waals surface area contributed by atoms with Gasteiger partial charge in [-0.3, -0.25) is 0 Å². The summed E-state index contributed by atoms with van der Waals surface area (Å²) in [4.78, 5) is 3.41. The summed E-state index contributed by atoms with van der Waals surface area (Å²) < 4.78 is 38.0. The van der Waals surface area contributed by atoms with Crippen LogP contribution in [0.3, 0.4) is 0 Å². The fourth-order valence-electron chi connectivity index (χ4n) is 1.14. The molecule has 1 rings (SSSR count). The van der Waals surface area contributed by atoms with E-state index in [0.717, 1.165) is 6.07 Å². The van der Waals surface area contributed by atoms with E-state index in [0.29, 0.717) is 0 Å². The van der Waals surface area contributed by atoms with E-state index < -0.39 is 17.9 Å². The van der Waals surface area contributed by atoms with Gasteiger partial charge in [-0.25, -0.2) is 18.2 Å². The molecule has 1 heterocycles. The molecule has 0 bridgehead atoms. The van der Waals surface area contributed by atoms with Crippen molar-refractivity contribution in [3.8, 4) is 6.07 Å². The lowest BCUT2D eigenvalue weighted by molar-refractivity contribution is 0.144. The molecule has 0 aromatic carbocycles. The van der Waals surface area contributed by atoms with Gasteiger partial charge in [-0.2, -0.15) is 5.26 Å². The SMILES string of the molecule is N#CCc1cc(F)c(CN)nc1C(F)F. The van der Waals surface area contributed by atoms with Crippen LogP contribution in [-0.4, -0.2) is 4.98 Å². The van der Waals surface area contributed by atoms with Crippen LogP contribution in [0.4, 0.5) is 13.2 Å². The van der Waals surface area contributed by atoms with Gasteiger partial charge in [0, 0.05) is 6.54 Å². The molecule has 0 aliphatic heterocycles. The first-order chi connectivity index (χ1) is 7.10. The zero-order chi connectivity index (χ0) is 11.4. The highest BCUT2D eigenvalue weighted by Crippen LogP contribution is 2.23. The van der Waals surface area contributed by atoms with E-state index >= 15 is 0 Å². The highest BCUT2D eigenvalue weighted by Gasteiger charge is 2.18. The van der Waals surface area contributed by atoms with Crippen molar-refractivity contribution in [1.29, 1.82) is 5.26 Å². The Labute approximate surface area is 84.3 Å². The summed E-state index contributed by atoms with van der Waals surface area (Å²) in [6.07, 6.45) is -3.13. The smallest absolute Gasteiger partial charge is 0.280 e. The molecule has 15 heavy (non-hydrogen) atoms. The van der Waals surface area contributed by atoms with Crippen LogP contribution in [-0.2, 0) is 13.0 Å². The number of hydrogen-bond acceptors (Lipinski definition) is 3. The third-order valence-electron chi connectivity index (χ3n) is 1.83. The molecule has 0 radical (unpaired) electrons. The van der Waals surface area contributed by atoms with Crippen molar-refractivity contribution in [3.05, 3.63) is 28.8 Å². The van der Waals surface area contributed by atoms with Gasteiger partial charge in [-0.1, -0.05) is 0 Å². The summed E-state index contributed by atoms with van der Waals surface area (Å²) >= 11 is 0. The van der Waals surface area contributed by atoms with Crippen LogP contribution in [0.5, 0.6) is 0 Å². The standard InChI is InChI=1S/C9H8F3N3/c10-6-3-5(1-2-13)8(9(11)12)15-7(6)4-14/h3,9H,1,4,14H2. The van der Waals surface area contributed by atoms with Crippen molar-refractivity contribution < 1.29 is 13.2 Å². The number of nitrogens with zero attached hydrogens (tertiary/aromatic N) is 2. The first kappa shape index (κ1) is 11.5. The number of nitrogens with two attached hydrogens (primary N) is 1. The van der Waals surface area contributed by atoms with Crippen LogP contribution in [0.2, 0.25) is 0 Å². The van der Waals surface area contributed by atoms with Gasteiger partial charge in [-0.15, -0.1) is 0 Å². The second-order valence-corrected chi connectivity index (χ2v) is 2.80. The first-order valence-corrected chi connectivity index (χ1v) is 4.13. The molecule has 2 N–H and O–H groups in total. The number of hydrogen-bond donors (Lipinski definition) is 1. The van der Waals surface area contributed by atoms with Crippen LogP contribution in [0.15, 0.2) is 6.07 Å². The highest BCUT2D eigenvalue weighted by atomic mass is 19.3. The Morgan fingerprint density at radius 1 is 1.53 bits per heavy atom. The number of alkyl halides is 2. The molecule has 80 valence electrons. The highest BCUT2D eigenvalue weighted by molar-refractivity contribution is 5.27. The van der Waals surface area contributed by atoms with E-state index in [9.17, 15) is 13.2 Å². The monoisotopic (exact) mass is 215 g/mol. The van der Waals surface area contributed by atoms with Gasteiger partial charge < -0.3 is 5.73 Å². The van der Waals surface area contributed by atoms with Crippen molar-refractivity contribution in [1.82, 2.24) is 4.98 Å². The molecule has 6 heteroatoms. The van der Waals surface area contributed by atoms with E-state index in [1.165, 1.54) is 0 Å². The molecule has 0 saturated carbocycles. The van der Waals surface area contributed by atoms with Gasteiger partial charge in [0.1, 0.15) is 11.5 Å². The lowest BCUT2D eigenvalue weighted by Gasteiger charge is -2.08. The van der Waals surface area contributed by atoms with Gasteiger partial charge in [0.25, 0.3) is 6.43 Å². The molecule has 0 saturated heterocycles. The van der Waals surface area contributed by atoms with Crippen LogP contribution in [0.1, 0.15) is 23.4 Å². The first-order valence-electron chi connectivity index (χ1n) is 4.13. The Balaban J connectivity index is 3.26. The Morgan fingerprint density at radius 3 is 2.67 bits per heavy atom. The zero-order valence-corrected chi connectivity index (χ0v) is 7.67. The van der Waals surface area contributed by atoms with E-state index in [1.807, 2.05) is 0 Å². The Bertz CT molecular complexity index is 398. The minimum absolute atomic E-state index is 0.0952. The van der Waals surface area contributed by atoms with E-state index in [1.54, 1.807) is 6.07 Å². The van der Waals surface area contributed by atoms with Gasteiger partial charge >= 0.3 is 0 Å². The predicted molar refractivity (Wildman–Crippen MR) is 46.4 cm³/mol. The maximum Gasteiger partial charge on any atom is 0.280 e. The molecule has 0 aliphatic rings. The third kappa shape index (κ3) is 2.44. The quantitative estimate of drug-likeness (QED) is 0.834. The summed E-state index contributed by atoms with van der Waals surface area (Å²) in [6, 6.07) is 2.56. The van der Waals surface area contributed by atoms with Crippen LogP contribution >= 0.6 is 0 Å². The molecule has 3 nitrogen and oxygen atoms in total. The largest absolute Gasteiger partial charge is 0.325 e. The zero-order valence-electron chi connectivity index (χ0n) is 7.67. The predicted octanol–water partition coefficient (Wildman–Crippen LogP) is 1.68. The number of rotatable bonds is 3. The van der Waals surface area contributed by atoms with Crippen molar-refractivity contribution >= 4 is 0 Å². The molecule has 0 fully saturated rings. The van der Waals surface area contributed by atoms with Gasteiger partial charge in [-0.05, 0) is 11.6 Å². The Kier molecular flexibility index (Phi) is 3.63.